The van der Waals surface area contributed by atoms with E-state index in [1.54, 1.807) is 0 Å². The number of rotatable bonds is 2. The van der Waals surface area contributed by atoms with Crippen LogP contribution in [-0.4, -0.2) is 21.8 Å². The molecule has 1 atom stereocenters. The third-order valence-corrected chi connectivity index (χ3v) is 3.78. The largest absolute Gasteiger partial charge is 0.375 e. The fourth-order valence-corrected chi connectivity index (χ4v) is 2.95. The van der Waals surface area contributed by atoms with Crippen LogP contribution in [0.15, 0.2) is 6.20 Å². The molecule has 1 aliphatic rings. The molecule has 17 heavy (non-hydrogen) atoms. The van der Waals surface area contributed by atoms with Gasteiger partial charge in [0.2, 0.25) is 0 Å². The van der Waals surface area contributed by atoms with Crippen molar-refractivity contribution in [3.63, 3.8) is 0 Å². The van der Waals surface area contributed by atoms with E-state index in [2.05, 4.69) is 43.4 Å². The van der Waals surface area contributed by atoms with Crippen LogP contribution in [-0.2, 0) is 4.74 Å². The van der Waals surface area contributed by atoms with Gasteiger partial charge in [0.1, 0.15) is 0 Å². The van der Waals surface area contributed by atoms with Crippen molar-refractivity contribution in [3.05, 3.63) is 16.7 Å². The Hall–Kier alpha value is -0.610. The number of imidazole rings is 1. The van der Waals surface area contributed by atoms with Crippen molar-refractivity contribution in [2.24, 2.45) is 0 Å². The Bertz CT molecular complexity index is 445. The summed E-state index contributed by atoms with van der Waals surface area (Å²) in [6, 6.07) is 0.467. The molecule has 0 aromatic carbocycles. The van der Waals surface area contributed by atoms with Crippen molar-refractivity contribution in [1.82, 2.24) is 9.55 Å². The zero-order valence-electron chi connectivity index (χ0n) is 11.1. The van der Waals surface area contributed by atoms with Crippen LogP contribution >= 0.6 is 12.2 Å². The van der Waals surface area contributed by atoms with E-state index in [-0.39, 0.29) is 5.60 Å². The van der Waals surface area contributed by atoms with Gasteiger partial charge >= 0.3 is 0 Å². The summed E-state index contributed by atoms with van der Waals surface area (Å²) in [5.74, 6) is 0.494. The maximum Gasteiger partial charge on any atom is 0.177 e. The molecule has 1 aliphatic heterocycles. The lowest BCUT2D eigenvalue weighted by molar-refractivity contribution is -0.0696. The third-order valence-electron chi connectivity index (χ3n) is 3.47. The second-order valence-corrected chi connectivity index (χ2v) is 6.18. The summed E-state index contributed by atoms with van der Waals surface area (Å²) in [5.41, 5.74) is 1.26. The number of aromatic amines is 1. The Kier molecular flexibility index (Phi) is 3.46. The van der Waals surface area contributed by atoms with Gasteiger partial charge in [-0.3, -0.25) is 0 Å². The summed E-state index contributed by atoms with van der Waals surface area (Å²) in [5, 5.41) is 0. The normalized spacial score (nSPS) is 24.2. The van der Waals surface area contributed by atoms with Gasteiger partial charge in [-0.2, -0.15) is 0 Å². The lowest BCUT2D eigenvalue weighted by Crippen LogP contribution is -2.35. The lowest BCUT2D eigenvalue weighted by atomic mass is 9.93. The molecule has 0 amide bonds. The summed E-state index contributed by atoms with van der Waals surface area (Å²) in [4.78, 5) is 3.18. The van der Waals surface area contributed by atoms with Gasteiger partial charge in [-0.15, -0.1) is 0 Å². The average Bonchev–Trinajstić information content (AvgIpc) is 2.58. The van der Waals surface area contributed by atoms with Crippen LogP contribution in [0.4, 0.5) is 0 Å². The van der Waals surface area contributed by atoms with E-state index in [4.69, 9.17) is 17.0 Å². The molecule has 2 rings (SSSR count). The van der Waals surface area contributed by atoms with Gasteiger partial charge in [0.15, 0.2) is 4.77 Å². The Labute approximate surface area is 108 Å². The number of nitrogens with zero attached hydrogens (tertiary/aromatic N) is 1. The molecule has 0 spiro atoms. The number of aromatic nitrogens is 2. The highest BCUT2D eigenvalue weighted by atomic mass is 32.1. The minimum atomic E-state index is -0.0385. The molecule has 1 aromatic heterocycles. The van der Waals surface area contributed by atoms with E-state index in [0.717, 1.165) is 24.2 Å². The first-order chi connectivity index (χ1) is 7.91. The van der Waals surface area contributed by atoms with Gasteiger partial charge in [-0.25, -0.2) is 0 Å². The van der Waals surface area contributed by atoms with Gasteiger partial charge in [-0.1, -0.05) is 13.8 Å². The monoisotopic (exact) mass is 254 g/mol. The van der Waals surface area contributed by atoms with Crippen LogP contribution in [0.25, 0.3) is 0 Å². The molecule has 1 saturated heterocycles. The predicted octanol–water partition coefficient (Wildman–Crippen LogP) is 3.80. The maximum absolute atomic E-state index is 5.78. The first-order valence-electron chi connectivity index (χ1n) is 6.34. The van der Waals surface area contributed by atoms with Crippen LogP contribution in [0.5, 0.6) is 0 Å². The number of hydrogen-bond acceptors (Lipinski definition) is 2. The van der Waals surface area contributed by atoms with Gasteiger partial charge < -0.3 is 14.3 Å². The minimum absolute atomic E-state index is 0.0385. The summed E-state index contributed by atoms with van der Waals surface area (Å²) in [6.45, 7) is 9.55. The van der Waals surface area contributed by atoms with Crippen LogP contribution in [0.1, 0.15) is 58.2 Å². The molecular formula is C13H22N2OS. The number of ether oxygens (including phenoxy) is 1. The topological polar surface area (TPSA) is 29.9 Å². The highest BCUT2D eigenvalue weighted by molar-refractivity contribution is 7.71. The Morgan fingerprint density at radius 2 is 2.24 bits per heavy atom. The van der Waals surface area contributed by atoms with E-state index in [0.29, 0.717) is 12.0 Å². The quantitative estimate of drug-likeness (QED) is 0.814. The van der Waals surface area contributed by atoms with Crippen molar-refractivity contribution in [3.8, 4) is 0 Å². The van der Waals surface area contributed by atoms with Crippen molar-refractivity contribution >= 4 is 12.2 Å². The molecule has 96 valence electrons. The standard InChI is InChI=1S/C13H22N2OS/c1-9(2)11-8-14-12(17)15(11)10-5-6-16-13(3,4)7-10/h8-10H,5-7H2,1-4H3,(H,14,17). The molecule has 0 saturated carbocycles. The van der Waals surface area contributed by atoms with Crippen molar-refractivity contribution in [2.75, 3.05) is 6.61 Å². The zero-order valence-corrected chi connectivity index (χ0v) is 11.9. The van der Waals surface area contributed by atoms with Crippen LogP contribution < -0.4 is 0 Å². The summed E-state index contributed by atoms with van der Waals surface area (Å²) in [7, 11) is 0. The maximum atomic E-state index is 5.78. The van der Waals surface area contributed by atoms with Crippen molar-refractivity contribution in [2.45, 2.75) is 58.1 Å². The Morgan fingerprint density at radius 1 is 1.53 bits per heavy atom. The average molecular weight is 254 g/mol. The van der Waals surface area contributed by atoms with Gasteiger partial charge in [0.05, 0.1) is 5.60 Å². The van der Waals surface area contributed by atoms with Crippen LogP contribution in [0.2, 0.25) is 0 Å². The molecule has 1 N–H and O–H groups in total. The fourth-order valence-electron chi connectivity index (χ4n) is 2.63. The zero-order chi connectivity index (χ0) is 12.6. The second kappa shape index (κ2) is 4.58. The summed E-state index contributed by atoms with van der Waals surface area (Å²) < 4.78 is 8.92. The van der Waals surface area contributed by atoms with Crippen molar-refractivity contribution < 1.29 is 4.74 Å². The smallest absolute Gasteiger partial charge is 0.177 e. The third kappa shape index (κ3) is 2.63. The molecular weight excluding hydrogens is 232 g/mol. The molecule has 1 fully saturated rings. The van der Waals surface area contributed by atoms with Gasteiger partial charge in [0, 0.05) is 24.5 Å². The number of H-pyrrole nitrogens is 1. The molecule has 3 nitrogen and oxygen atoms in total. The summed E-state index contributed by atoms with van der Waals surface area (Å²) >= 11 is 5.41. The van der Waals surface area contributed by atoms with Crippen LogP contribution in [0, 0.1) is 4.77 Å². The van der Waals surface area contributed by atoms with E-state index in [9.17, 15) is 0 Å². The van der Waals surface area contributed by atoms with E-state index in [1.165, 1.54) is 5.69 Å². The van der Waals surface area contributed by atoms with E-state index >= 15 is 0 Å². The van der Waals surface area contributed by atoms with E-state index in [1.807, 2.05) is 0 Å². The summed E-state index contributed by atoms with van der Waals surface area (Å²) in [6.07, 6.45) is 4.13. The molecule has 4 heteroatoms. The highest BCUT2D eigenvalue weighted by Gasteiger charge is 2.31. The van der Waals surface area contributed by atoms with Crippen LogP contribution in [0.3, 0.4) is 0 Å². The Balaban J connectivity index is 2.33. The number of nitrogens with one attached hydrogen (secondary N) is 1. The highest BCUT2D eigenvalue weighted by Crippen LogP contribution is 2.34. The Morgan fingerprint density at radius 3 is 2.82 bits per heavy atom. The molecule has 0 aliphatic carbocycles. The fraction of sp³-hybridized carbons (Fsp3) is 0.769. The van der Waals surface area contributed by atoms with Gasteiger partial charge in [-0.05, 0) is 44.8 Å². The predicted molar refractivity (Wildman–Crippen MR) is 72.0 cm³/mol. The molecule has 2 heterocycles. The molecule has 0 radical (unpaired) electrons. The first kappa shape index (κ1) is 12.8. The minimum Gasteiger partial charge on any atom is -0.375 e. The second-order valence-electron chi connectivity index (χ2n) is 5.80. The molecule has 1 unspecified atom stereocenters. The molecule has 0 bridgehead atoms. The van der Waals surface area contributed by atoms with Crippen molar-refractivity contribution in [1.29, 1.82) is 0 Å². The SMILES string of the molecule is CC(C)c1c[nH]c(=S)n1C1CCOC(C)(C)C1. The van der Waals surface area contributed by atoms with E-state index < -0.39 is 0 Å². The molecule has 1 aromatic rings. The van der Waals surface area contributed by atoms with Gasteiger partial charge in [0.25, 0.3) is 0 Å². The lowest BCUT2D eigenvalue weighted by Gasteiger charge is -2.37. The first-order valence-corrected chi connectivity index (χ1v) is 6.75. The number of hydrogen-bond donors (Lipinski definition) is 1.